The summed E-state index contributed by atoms with van der Waals surface area (Å²) in [5, 5.41) is 3.07. The van der Waals surface area contributed by atoms with Crippen molar-refractivity contribution in [3.63, 3.8) is 0 Å². The van der Waals surface area contributed by atoms with Crippen molar-refractivity contribution in [2.75, 3.05) is 27.3 Å². The predicted octanol–water partition coefficient (Wildman–Crippen LogP) is 0.918. The van der Waals surface area contributed by atoms with Gasteiger partial charge in [-0.2, -0.15) is 0 Å². The molecule has 6 nitrogen and oxygen atoms in total. The molecule has 120 valence electrons. The zero-order valence-corrected chi connectivity index (χ0v) is 13.4. The molecule has 0 radical (unpaired) electrons. The first kappa shape index (κ1) is 16.4. The molecule has 2 rings (SSSR count). The largest absolute Gasteiger partial charge is 0.468 e. The van der Waals surface area contributed by atoms with Crippen molar-refractivity contribution in [2.45, 2.75) is 26.7 Å². The van der Waals surface area contributed by atoms with E-state index in [0.29, 0.717) is 12.1 Å². The van der Waals surface area contributed by atoms with Crippen LogP contribution in [0.1, 0.15) is 26.7 Å². The maximum Gasteiger partial charge on any atom is 0.323 e. The van der Waals surface area contributed by atoms with Crippen molar-refractivity contribution < 1.29 is 23.9 Å². The lowest BCUT2D eigenvalue weighted by Crippen LogP contribution is -2.38. The van der Waals surface area contributed by atoms with Crippen LogP contribution in [0.2, 0.25) is 0 Å². The van der Waals surface area contributed by atoms with Crippen LogP contribution in [0.15, 0.2) is 22.3 Å². The van der Waals surface area contributed by atoms with Crippen LogP contribution in [0.3, 0.4) is 0 Å². The summed E-state index contributed by atoms with van der Waals surface area (Å²) < 4.78 is 9.68. The molecule has 0 atom stereocenters. The first-order valence-corrected chi connectivity index (χ1v) is 7.17. The molecule has 1 aliphatic carbocycles. The monoisotopic (exact) mass is 307 g/mol. The second-order valence-electron chi connectivity index (χ2n) is 5.81. The van der Waals surface area contributed by atoms with Crippen LogP contribution in [0.4, 0.5) is 0 Å². The number of carbonyl (C=O) groups excluding carboxylic acids is 3. The first-order chi connectivity index (χ1) is 10.4. The van der Waals surface area contributed by atoms with Crippen molar-refractivity contribution in [3.05, 3.63) is 22.3 Å². The molecule has 0 aromatic heterocycles. The number of ketones is 1. The molecule has 6 heteroatoms. The summed E-state index contributed by atoms with van der Waals surface area (Å²) in [6, 6.07) is 0. The number of allylic oxidation sites excluding steroid dienone is 2. The average molecular weight is 307 g/mol. The van der Waals surface area contributed by atoms with Gasteiger partial charge >= 0.3 is 11.9 Å². The highest BCUT2D eigenvalue weighted by Crippen LogP contribution is 2.49. The van der Waals surface area contributed by atoms with Gasteiger partial charge in [-0.15, -0.1) is 0 Å². The van der Waals surface area contributed by atoms with Crippen LogP contribution in [-0.2, 0) is 23.9 Å². The third kappa shape index (κ3) is 2.47. The number of esters is 2. The molecule has 22 heavy (non-hydrogen) atoms. The van der Waals surface area contributed by atoms with Gasteiger partial charge in [0.05, 0.1) is 20.8 Å². The molecule has 0 unspecified atom stereocenters. The van der Waals surface area contributed by atoms with Gasteiger partial charge in [-0.3, -0.25) is 14.4 Å². The molecular formula is C16H21NO5. The van der Waals surface area contributed by atoms with E-state index in [4.69, 9.17) is 9.47 Å². The van der Waals surface area contributed by atoms with Gasteiger partial charge in [0.15, 0.2) is 11.2 Å². The summed E-state index contributed by atoms with van der Waals surface area (Å²) in [6.07, 6.45) is 0.358. The predicted molar refractivity (Wildman–Crippen MR) is 79.0 cm³/mol. The van der Waals surface area contributed by atoms with Gasteiger partial charge < -0.3 is 14.8 Å². The lowest BCUT2D eigenvalue weighted by atomic mass is 9.85. The first-order valence-electron chi connectivity index (χ1n) is 7.17. The van der Waals surface area contributed by atoms with Crippen molar-refractivity contribution in [2.24, 2.45) is 5.41 Å². The van der Waals surface area contributed by atoms with E-state index >= 15 is 0 Å². The Bertz CT molecular complexity index is 584. The van der Waals surface area contributed by atoms with E-state index in [9.17, 15) is 14.4 Å². The minimum atomic E-state index is -1.39. The van der Waals surface area contributed by atoms with Crippen LogP contribution in [0, 0.1) is 5.41 Å². The fourth-order valence-electron chi connectivity index (χ4n) is 3.18. The maximum atomic E-state index is 12.3. The van der Waals surface area contributed by atoms with Gasteiger partial charge in [0.1, 0.15) is 0 Å². The highest BCUT2D eigenvalue weighted by atomic mass is 16.5. The smallest absolute Gasteiger partial charge is 0.323 e. The third-order valence-corrected chi connectivity index (χ3v) is 4.54. The Labute approximate surface area is 129 Å². The van der Waals surface area contributed by atoms with Gasteiger partial charge in [-0.1, -0.05) is 5.57 Å². The Kier molecular flexibility index (Phi) is 4.51. The van der Waals surface area contributed by atoms with Gasteiger partial charge in [0.25, 0.3) is 0 Å². The quantitative estimate of drug-likeness (QED) is 0.603. The summed E-state index contributed by atoms with van der Waals surface area (Å²) >= 11 is 0. The number of fused-ring (bicyclic) bond motifs is 1. The molecular weight excluding hydrogens is 286 g/mol. The van der Waals surface area contributed by atoms with Crippen molar-refractivity contribution >= 4 is 17.7 Å². The van der Waals surface area contributed by atoms with Gasteiger partial charge in [0.2, 0.25) is 0 Å². The fraction of sp³-hybridized carbons (Fsp3) is 0.562. The Morgan fingerprint density at radius 2 is 1.55 bits per heavy atom. The van der Waals surface area contributed by atoms with Gasteiger partial charge in [-0.05, 0) is 37.0 Å². The summed E-state index contributed by atoms with van der Waals surface area (Å²) in [5.41, 5.74) is 1.89. The number of methoxy groups -OCH3 is 2. The normalized spacial score (nSPS) is 27.7. The highest BCUT2D eigenvalue weighted by molar-refractivity contribution is 6.04. The molecule has 0 aromatic rings. The highest BCUT2D eigenvalue weighted by Gasteiger charge is 2.54. The van der Waals surface area contributed by atoms with Crippen LogP contribution in [0.5, 0.6) is 0 Å². The molecule has 0 aromatic carbocycles. The second kappa shape index (κ2) is 6.04. The topological polar surface area (TPSA) is 81.7 Å². The molecule has 0 bridgehead atoms. The van der Waals surface area contributed by atoms with Gasteiger partial charge in [-0.25, -0.2) is 0 Å². The minimum absolute atomic E-state index is 0.0227. The SMILES string of the molecule is COC(=O)C1(C(=O)OC)CC2=C(\C)CNCC(=O)/C(C)=C\2C1. The second-order valence-corrected chi connectivity index (χ2v) is 5.81. The number of hydrogen-bond acceptors (Lipinski definition) is 6. The molecule has 1 N–H and O–H groups in total. The van der Waals surface area contributed by atoms with Crippen LogP contribution in [-0.4, -0.2) is 45.0 Å². The van der Waals surface area contributed by atoms with E-state index in [1.54, 1.807) is 6.92 Å². The standard InChI is InChI=1S/C16H21NO5/c1-9-7-17-8-13(18)10(2)12-6-16(5-11(9)12,14(19)21-3)15(20)22-4/h17H,5-8H2,1-4H3/b11-9-,12-10-. The van der Waals surface area contributed by atoms with Crippen molar-refractivity contribution in [1.82, 2.24) is 5.32 Å². The summed E-state index contributed by atoms with van der Waals surface area (Å²) in [5.74, 6) is -1.26. The summed E-state index contributed by atoms with van der Waals surface area (Å²) in [6.45, 7) is 4.48. The number of Topliss-reactive ketones (excluding diaryl/α,β-unsaturated/α-hetero) is 1. The number of hydrogen-bond donors (Lipinski definition) is 1. The lowest BCUT2D eigenvalue weighted by Gasteiger charge is -2.22. The fourth-order valence-corrected chi connectivity index (χ4v) is 3.18. The molecule has 1 heterocycles. The van der Waals surface area contributed by atoms with Crippen LogP contribution in [0.25, 0.3) is 0 Å². The van der Waals surface area contributed by atoms with Crippen LogP contribution >= 0.6 is 0 Å². The number of carbonyl (C=O) groups is 3. The number of nitrogens with one attached hydrogen (secondary N) is 1. The van der Waals surface area contributed by atoms with Crippen molar-refractivity contribution in [1.29, 1.82) is 0 Å². The number of rotatable bonds is 2. The lowest BCUT2D eigenvalue weighted by molar-refractivity contribution is -0.168. The minimum Gasteiger partial charge on any atom is -0.468 e. The van der Waals surface area contributed by atoms with E-state index in [1.165, 1.54) is 14.2 Å². The van der Waals surface area contributed by atoms with Crippen molar-refractivity contribution in [3.8, 4) is 0 Å². The van der Waals surface area contributed by atoms with E-state index < -0.39 is 17.4 Å². The molecule has 0 spiro atoms. The summed E-state index contributed by atoms with van der Waals surface area (Å²) in [7, 11) is 2.51. The molecule has 1 saturated carbocycles. The van der Waals surface area contributed by atoms with E-state index in [1.807, 2.05) is 6.92 Å². The number of ether oxygens (including phenoxy) is 2. The Morgan fingerprint density at radius 3 is 2.09 bits per heavy atom. The average Bonchev–Trinajstić information content (AvgIpc) is 2.93. The van der Waals surface area contributed by atoms with E-state index in [0.717, 1.165) is 16.7 Å². The van der Waals surface area contributed by atoms with E-state index in [2.05, 4.69) is 5.32 Å². The van der Waals surface area contributed by atoms with Gasteiger partial charge in [0, 0.05) is 13.0 Å². The maximum absolute atomic E-state index is 12.3. The van der Waals surface area contributed by atoms with Crippen LogP contribution < -0.4 is 5.32 Å². The zero-order chi connectivity index (χ0) is 16.5. The molecule has 2 aliphatic rings. The molecule has 1 fully saturated rings. The third-order valence-electron chi connectivity index (χ3n) is 4.54. The molecule has 0 saturated heterocycles. The Balaban J connectivity index is 2.61. The Hall–Kier alpha value is -1.95. The molecule has 0 amide bonds. The van der Waals surface area contributed by atoms with E-state index in [-0.39, 0.29) is 25.2 Å². The summed E-state index contributed by atoms with van der Waals surface area (Å²) in [4.78, 5) is 36.7. The molecule has 1 aliphatic heterocycles. The Morgan fingerprint density at radius 1 is 1.00 bits per heavy atom. The zero-order valence-electron chi connectivity index (χ0n) is 13.4.